The average Bonchev–Trinajstić information content (AvgIpc) is 2.68. The van der Waals surface area contributed by atoms with Gasteiger partial charge in [0.1, 0.15) is 0 Å². The van der Waals surface area contributed by atoms with Crippen LogP contribution in [0.2, 0.25) is 0 Å². The predicted molar refractivity (Wildman–Crippen MR) is 110 cm³/mol. The number of ether oxygens (including phenoxy) is 1. The lowest BCUT2D eigenvalue weighted by Gasteiger charge is -2.43. The highest BCUT2D eigenvalue weighted by Crippen LogP contribution is 2.40. The van der Waals surface area contributed by atoms with Gasteiger partial charge in [-0.3, -0.25) is 4.79 Å². The number of methoxy groups -OCH3 is 1. The largest absolute Gasteiger partial charge is 0.469 e. The molecule has 2 saturated heterocycles. The molecule has 0 radical (unpaired) electrons. The summed E-state index contributed by atoms with van der Waals surface area (Å²) in [4.78, 5) is 15.4. The lowest BCUT2D eigenvalue weighted by molar-refractivity contribution is -0.165. The Morgan fingerprint density at radius 2 is 1.43 bits per heavy atom. The average molecular weight is 445 g/mol. The molecule has 2 rings (SSSR count). The Morgan fingerprint density at radius 3 is 1.83 bits per heavy atom. The second-order valence-electron chi connectivity index (χ2n) is 8.66. The number of halogens is 4. The smallest absolute Gasteiger partial charge is 0.313 e. The van der Waals surface area contributed by atoms with Crippen molar-refractivity contribution in [2.24, 2.45) is 22.7 Å². The first-order valence-electron chi connectivity index (χ1n) is 10.5. The molecule has 5 nitrogen and oxygen atoms in total. The first kappa shape index (κ1) is 29.1. The summed E-state index contributed by atoms with van der Waals surface area (Å²) in [5.74, 6) is -2.10. The standard InChI is InChI=1S/C10H17F2NO2.C9H17F2NO.C2H6/c1-10(9(14)15-3)6-13(2)5-4-7(10)8(11)12;1-9(6-13)5-12(2)4-3-7(9)8(10)11;1-2/h7-8H,4-6H2,1-3H3;7-8,13H,3-6H2,1-2H3;1-2H3. The number of esters is 1. The van der Waals surface area contributed by atoms with Crippen molar-refractivity contribution in [1.29, 1.82) is 0 Å². The Labute approximate surface area is 178 Å². The number of hydrogen-bond acceptors (Lipinski definition) is 5. The predicted octanol–water partition coefficient (Wildman–Crippen LogP) is 3.61. The summed E-state index contributed by atoms with van der Waals surface area (Å²) in [7, 11) is 4.96. The molecule has 2 aliphatic heterocycles. The maximum Gasteiger partial charge on any atom is 0.313 e. The van der Waals surface area contributed by atoms with Gasteiger partial charge in [-0.1, -0.05) is 20.8 Å². The fourth-order valence-corrected chi connectivity index (χ4v) is 4.41. The molecule has 30 heavy (non-hydrogen) atoms. The molecule has 4 atom stereocenters. The maximum atomic E-state index is 12.8. The fraction of sp³-hybridized carbons (Fsp3) is 0.952. The number of likely N-dealkylation sites (tertiary alicyclic amines) is 2. The van der Waals surface area contributed by atoms with Crippen LogP contribution in [0.15, 0.2) is 0 Å². The van der Waals surface area contributed by atoms with Crippen molar-refractivity contribution >= 4 is 5.97 Å². The van der Waals surface area contributed by atoms with Crippen LogP contribution in [0.25, 0.3) is 0 Å². The molecular formula is C21H40F4N2O3. The Morgan fingerprint density at radius 1 is 1.00 bits per heavy atom. The van der Waals surface area contributed by atoms with Gasteiger partial charge in [0, 0.05) is 30.3 Å². The van der Waals surface area contributed by atoms with E-state index in [1.807, 2.05) is 37.7 Å². The van der Waals surface area contributed by atoms with Gasteiger partial charge in [0.15, 0.2) is 0 Å². The molecule has 2 aliphatic rings. The fourth-order valence-electron chi connectivity index (χ4n) is 4.41. The summed E-state index contributed by atoms with van der Waals surface area (Å²) in [6, 6.07) is 0. The minimum atomic E-state index is -2.47. The normalized spacial score (nSPS) is 32.7. The van der Waals surface area contributed by atoms with Crippen LogP contribution in [-0.2, 0) is 9.53 Å². The molecule has 180 valence electrons. The molecule has 1 N–H and O–H groups in total. The van der Waals surface area contributed by atoms with Gasteiger partial charge < -0.3 is 19.6 Å². The summed E-state index contributed by atoms with van der Waals surface area (Å²) in [6.45, 7) is 9.32. The Balaban J connectivity index is 0.000000522. The zero-order valence-electron chi connectivity index (χ0n) is 19.4. The van der Waals surface area contributed by atoms with Gasteiger partial charge in [-0.05, 0) is 47.0 Å². The monoisotopic (exact) mass is 444 g/mol. The molecule has 4 unspecified atom stereocenters. The van der Waals surface area contributed by atoms with Crippen molar-refractivity contribution in [3.8, 4) is 0 Å². The third-order valence-electron chi connectivity index (χ3n) is 6.21. The van der Waals surface area contributed by atoms with Gasteiger partial charge in [-0.15, -0.1) is 0 Å². The van der Waals surface area contributed by atoms with Crippen LogP contribution < -0.4 is 0 Å². The highest BCUT2D eigenvalue weighted by molar-refractivity contribution is 5.77. The van der Waals surface area contributed by atoms with Crippen LogP contribution in [0, 0.1) is 22.7 Å². The number of alkyl halides is 4. The molecule has 9 heteroatoms. The molecule has 2 heterocycles. The van der Waals surface area contributed by atoms with Crippen molar-refractivity contribution in [1.82, 2.24) is 9.80 Å². The first-order valence-corrected chi connectivity index (χ1v) is 10.5. The van der Waals surface area contributed by atoms with E-state index in [-0.39, 0.29) is 6.61 Å². The van der Waals surface area contributed by atoms with Crippen LogP contribution in [-0.4, -0.2) is 87.7 Å². The van der Waals surface area contributed by atoms with E-state index >= 15 is 0 Å². The van der Waals surface area contributed by atoms with E-state index in [1.165, 1.54) is 7.11 Å². The molecule has 0 aliphatic carbocycles. The molecule has 2 fully saturated rings. The Bertz CT molecular complexity index is 513. The second kappa shape index (κ2) is 12.8. The van der Waals surface area contributed by atoms with Gasteiger partial charge in [0.25, 0.3) is 0 Å². The summed E-state index contributed by atoms with van der Waals surface area (Å²) in [6.07, 6.45) is -3.97. The lowest BCUT2D eigenvalue weighted by atomic mass is 9.72. The zero-order valence-corrected chi connectivity index (χ0v) is 19.4. The summed E-state index contributed by atoms with van der Waals surface area (Å²) in [5, 5.41) is 9.13. The van der Waals surface area contributed by atoms with Crippen molar-refractivity contribution in [2.45, 2.75) is 53.4 Å². The summed E-state index contributed by atoms with van der Waals surface area (Å²) < 4.78 is 55.4. The van der Waals surface area contributed by atoms with E-state index in [1.54, 1.807) is 13.8 Å². The molecule has 0 saturated carbocycles. The van der Waals surface area contributed by atoms with Crippen LogP contribution in [0.5, 0.6) is 0 Å². The van der Waals surface area contributed by atoms with Crippen molar-refractivity contribution in [2.75, 3.05) is 54.0 Å². The zero-order chi connectivity index (χ0) is 23.7. The molecule has 0 aromatic heterocycles. The second-order valence-corrected chi connectivity index (χ2v) is 8.66. The molecule has 0 aromatic carbocycles. The Hall–Kier alpha value is -0.930. The summed E-state index contributed by atoms with van der Waals surface area (Å²) in [5.41, 5.74) is -1.73. The third-order valence-corrected chi connectivity index (χ3v) is 6.21. The van der Waals surface area contributed by atoms with Crippen LogP contribution in [0.3, 0.4) is 0 Å². The number of rotatable bonds is 4. The first-order chi connectivity index (χ1) is 13.9. The van der Waals surface area contributed by atoms with Crippen molar-refractivity contribution < 1.29 is 32.2 Å². The summed E-state index contributed by atoms with van der Waals surface area (Å²) >= 11 is 0. The van der Waals surface area contributed by atoms with Gasteiger partial charge >= 0.3 is 5.97 Å². The van der Waals surface area contributed by atoms with Crippen molar-refractivity contribution in [3.05, 3.63) is 0 Å². The van der Waals surface area contributed by atoms with E-state index in [0.29, 0.717) is 39.0 Å². The highest BCUT2D eigenvalue weighted by atomic mass is 19.3. The number of aliphatic hydroxyl groups excluding tert-OH is 1. The number of hydrogen-bond donors (Lipinski definition) is 1. The topological polar surface area (TPSA) is 53.0 Å². The quantitative estimate of drug-likeness (QED) is 0.530. The van der Waals surface area contributed by atoms with Crippen molar-refractivity contribution in [3.63, 3.8) is 0 Å². The van der Waals surface area contributed by atoms with E-state index in [2.05, 4.69) is 4.74 Å². The van der Waals surface area contributed by atoms with E-state index in [0.717, 1.165) is 0 Å². The molecule has 0 amide bonds. The van der Waals surface area contributed by atoms with Crippen LogP contribution in [0.4, 0.5) is 17.6 Å². The Kier molecular flexibility index (Phi) is 12.4. The van der Waals surface area contributed by atoms with Crippen LogP contribution in [0.1, 0.15) is 40.5 Å². The number of carbonyl (C=O) groups is 1. The SMILES string of the molecule is CC.CN1CCC(C(F)F)C(C)(CO)C1.COC(=O)C1(C)CN(C)CCC1C(F)F. The van der Waals surface area contributed by atoms with E-state index in [9.17, 15) is 22.4 Å². The van der Waals surface area contributed by atoms with Crippen LogP contribution >= 0.6 is 0 Å². The minimum Gasteiger partial charge on any atom is -0.469 e. The molecule has 0 bridgehead atoms. The van der Waals surface area contributed by atoms with E-state index < -0.39 is 41.5 Å². The van der Waals surface area contributed by atoms with Gasteiger partial charge in [-0.2, -0.15) is 0 Å². The van der Waals surface area contributed by atoms with E-state index in [4.69, 9.17) is 5.11 Å². The number of aliphatic hydroxyl groups is 1. The minimum absolute atomic E-state index is 0.160. The molecular weight excluding hydrogens is 404 g/mol. The molecule has 0 spiro atoms. The highest BCUT2D eigenvalue weighted by Gasteiger charge is 2.49. The van der Waals surface area contributed by atoms with Gasteiger partial charge in [-0.25, -0.2) is 17.6 Å². The maximum absolute atomic E-state index is 12.8. The number of carbonyl (C=O) groups excluding carboxylic acids is 1. The lowest BCUT2D eigenvalue weighted by Crippen LogP contribution is -2.52. The number of piperidine rings is 2. The third kappa shape index (κ3) is 7.34. The van der Waals surface area contributed by atoms with Gasteiger partial charge in [0.2, 0.25) is 12.9 Å². The van der Waals surface area contributed by atoms with Gasteiger partial charge in [0.05, 0.1) is 19.1 Å². The number of nitrogens with zero attached hydrogens (tertiary/aromatic N) is 2. The molecule has 0 aromatic rings.